The monoisotopic (exact) mass is 478 g/mol. The Morgan fingerprint density at radius 2 is 1.47 bits per heavy atom. The lowest BCUT2D eigenvalue weighted by Crippen LogP contribution is -2.19. The Bertz CT molecular complexity index is 1180. The molecule has 0 saturated heterocycles. The van der Waals surface area contributed by atoms with Crippen LogP contribution in [-0.4, -0.2) is 34.0 Å². The lowest BCUT2D eigenvalue weighted by molar-refractivity contribution is -0.138. The number of anilines is 2. The van der Waals surface area contributed by atoms with E-state index in [0.29, 0.717) is 11.4 Å². The van der Waals surface area contributed by atoms with Crippen molar-refractivity contribution < 1.29 is 29.4 Å². The van der Waals surface area contributed by atoms with Gasteiger partial charge in [-0.15, -0.1) is 11.8 Å². The van der Waals surface area contributed by atoms with Gasteiger partial charge in [0.2, 0.25) is 11.8 Å². The maximum atomic E-state index is 13.2. The Hall–Kier alpha value is -4.11. The number of hydrogen-bond donors (Lipinski definition) is 4. The van der Waals surface area contributed by atoms with Crippen molar-refractivity contribution in [3.05, 3.63) is 90.0 Å². The summed E-state index contributed by atoms with van der Waals surface area (Å²) in [6, 6.07) is 22.1. The molecule has 0 aromatic heterocycles. The summed E-state index contributed by atoms with van der Waals surface area (Å²) in [6.45, 7) is 0. The van der Waals surface area contributed by atoms with Crippen LogP contribution in [-0.2, 0) is 14.4 Å². The number of rotatable bonds is 10. The molecule has 8 nitrogen and oxygen atoms in total. The molecular weight excluding hydrogens is 456 g/mol. The van der Waals surface area contributed by atoms with Crippen LogP contribution < -0.4 is 10.6 Å². The smallest absolute Gasteiger partial charge is 0.335 e. The predicted octanol–water partition coefficient (Wildman–Crippen LogP) is 4.66. The summed E-state index contributed by atoms with van der Waals surface area (Å²) >= 11 is 1.30. The molecule has 0 saturated carbocycles. The summed E-state index contributed by atoms with van der Waals surface area (Å²) in [5, 5.41) is 22.7. The fraction of sp³-hybridized carbons (Fsp3) is 0.120. The molecule has 0 aliphatic carbocycles. The van der Waals surface area contributed by atoms with E-state index < -0.39 is 23.1 Å². The molecule has 9 heteroatoms. The van der Waals surface area contributed by atoms with Crippen LogP contribution in [0.4, 0.5) is 11.4 Å². The Labute approximate surface area is 200 Å². The first-order chi connectivity index (χ1) is 16.3. The molecule has 0 fully saturated rings. The van der Waals surface area contributed by atoms with E-state index in [-0.39, 0.29) is 24.3 Å². The Kier molecular flexibility index (Phi) is 8.42. The minimum Gasteiger partial charge on any atom is -0.481 e. The van der Waals surface area contributed by atoms with E-state index in [4.69, 9.17) is 5.11 Å². The standard InChI is InChI=1S/C25H22N2O6S/c28-21(13-14-22(29)30)26-18-9-11-20(12-10-18)34-23(16-5-2-1-3-6-16)24(31)27-19-8-4-7-17(15-19)25(32)33/h1-12,15,23H,13-14H2,(H,26,28)(H,27,31)(H,29,30)(H,32,33). The summed E-state index contributed by atoms with van der Waals surface area (Å²) < 4.78 is 0. The number of aromatic carboxylic acids is 1. The predicted molar refractivity (Wildman–Crippen MR) is 129 cm³/mol. The highest BCUT2D eigenvalue weighted by atomic mass is 32.2. The molecule has 0 aliphatic heterocycles. The largest absolute Gasteiger partial charge is 0.481 e. The molecule has 0 spiro atoms. The van der Waals surface area contributed by atoms with Gasteiger partial charge in [-0.2, -0.15) is 0 Å². The second kappa shape index (κ2) is 11.7. The number of thioether (sulfide) groups is 1. The van der Waals surface area contributed by atoms with Crippen LogP contribution in [0.5, 0.6) is 0 Å². The normalized spacial score (nSPS) is 11.3. The van der Waals surface area contributed by atoms with E-state index >= 15 is 0 Å². The van der Waals surface area contributed by atoms with E-state index in [2.05, 4.69) is 10.6 Å². The third-order valence-corrected chi connectivity index (χ3v) is 5.94. The molecule has 3 aromatic rings. The van der Waals surface area contributed by atoms with Gasteiger partial charge in [-0.1, -0.05) is 36.4 Å². The van der Waals surface area contributed by atoms with Crippen LogP contribution in [0, 0.1) is 0 Å². The lowest BCUT2D eigenvalue weighted by Gasteiger charge is -2.17. The van der Waals surface area contributed by atoms with E-state index in [1.165, 1.54) is 23.9 Å². The van der Waals surface area contributed by atoms with Crippen molar-refractivity contribution in [2.45, 2.75) is 23.0 Å². The molecule has 174 valence electrons. The van der Waals surface area contributed by atoms with Crippen LogP contribution in [0.1, 0.15) is 34.0 Å². The summed E-state index contributed by atoms with van der Waals surface area (Å²) in [5.74, 6) is -2.83. The third-order valence-electron chi connectivity index (χ3n) is 4.68. The first kappa shape index (κ1) is 24.5. The summed E-state index contributed by atoms with van der Waals surface area (Å²) in [6.07, 6.45) is -0.367. The fourth-order valence-corrected chi connectivity index (χ4v) is 4.06. The van der Waals surface area contributed by atoms with E-state index in [1.807, 2.05) is 30.3 Å². The number of aliphatic carboxylic acids is 1. The number of nitrogens with one attached hydrogen (secondary N) is 2. The SMILES string of the molecule is O=C(O)CCC(=O)Nc1ccc(SC(C(=O)Nc2cccc(C(=O)O)c2)c2ccccc2)cc1. The number of carboxylic acid groups (broad SMARTS) is 2. The van der Waals surface area contributed by atoms with Gasteiger partial charge in [-0.3, -0.25) is 14.4 Å². The molecule has 0 bridgehead atoms. The zero-order valence-corrected chi connectivity index (χ0v) is 18.7. The van der Waals surface area contributed by atoms with Gasteiger partial charge < -0.3 is 20.8 Å². The molecule has 0 aliphatic rings. The van der Waals surface area contributed by atoms with Gasteiger partial charge in [-0.25, -0.2) is 4.79 Å². The van der Waals surface area contributed by atoms with Crippen LogP contribution in [0.2, 0.25) is 0 Å². The van der Waals surface area contributed by atoms with Crippen molar-refractivity contribution in [3.63, 3.8) is 0 Å². The molecule has 0 radical (unpaired) electrons. The molecule has 0 heterocycles. The van der Waals surface area contributed by atoms with E-state index in [9.17, 15) is 24.3 Å². The van der Waals surface area contributed by atoms with Gasteiger partial charge >= 0.3 is 11.9 Å². The van der Waals surface area contributed by atoms with Crippen LogP contribution in [0.3, 0.4) is 0 Å². The zero-order chi connectivity index (χ0) is 24.5. The van der Waals surface area contributed by atoms with Crippen molar-refractivity contribution >= 4 is 46.9 Å². The van der Waals surface area contributed by atoms with Gasteiger partial charge in [0, 0.05) is 22.7 Å². The highest BCUT2D eigenvalue weighted by Crippen LogP contribution is 2.36. The van der Waals surface area contributed by atoms with Crippen molar-refractivity contribution in [2.75, 3.05) is 10.6 Å². The highest BCUT2D eigenvalue weighted by molar-refractivity contribution is 8.00. The van der Waals surface area contributed by atoms with Crippen LogP contribution >= 0.6 is 11.8 Å². The Morgan fingerprint density at radius 1 is 0.765 bits per heavy atom. The zero-order valence-electron chi connectivity index (χ0n) is 17.9. The second-order valence-corrected chi connectivity index (χ2v) is 8.43. The topological polar surface area (TPSA) is 133 Å². The van der Waals surface area contributed by atoms with Gasteiger partial charge in [0.1, 0.15) is 5.25 Å². The second-order valence-electron chi connectivity index (χ2n) is 7.25. The molecule has 2 amide bonds. The number of amides is 2. The average molecular weight is 479 g/mol. The number of carboxylic acids is 2. The third kappa shape index (κ3) is 7.21. The molecule has 1 unspecified atom stereocenters. The average Bonchev–Trinajstić information content (AvgIpc) is 2.83. The minimum atomic E-state index is -1.08. The quantitative estimate of drug-likeness (QED) is 0.312. The van der Waals surface area contributed by atoms with Crippen molar-refractivity contribution in [1.29, 1.82) is 0 Å². The number of benzene rings is 3. The van der Waals surface area contributed by atoms with E-state index in [1.54, 1.807) is 36.4 Å². The summed E-state index contributed by atoms with van der Waals surface area (Å²) in [5.41, 5.74) is 1.74. The lowest BCUT2D eigenvalue weighted by atomic mass is 10.1. The maximum absolute atomic E-state index is 13.2. The first-order valence-electron chi connectivity index (χ1n) is 10.3. The summed E-state index contributed by atoms with van der Waals surface area (Å²) in [4.78, 5) is 47.6. The summed E-state index contributed by atoms with van der Waals surface area (Å²) in [7, 11) is 0. The highest BCUT2D eigenvalue weighted by Gasteiger charge is 2.22. The van der Waals surface area contributed by atoms with Crippen LogP contribution in [0.15, 0.2) is 83.8 Å². The molecule has 34 heavy (non-hydrogen) atoms. The van der Waals surface area contributed by atoms with E-state index in [0.717, 1.165) is 10.5 Å². The fourth-order valence-electron chi connectivity index (χ4n) is 3.04. The molecule has 4 N–H and O–H groups in total. The van der Waals surface area contributed by atoms with Crippen molar-refractivity contribution in [3.8, 4) is 0 Å². The minimum absolute atomic E-state index is 0.0719. The Balaban J connectivity index is 1.73. The first-order valence-corrected chi connectivity index (χ1v) is 11.2. The van der Waals surface area contributed by atoms with Gasteiger partial charge in [0.15, 0.2) is 0 Å². The van der Waals surface area contributed by atoms with Gasteiger partial charge in [-0.05, 0) is 48.0 Å². The molecule has 3 rings (SSSR count). The molecule has 1 atom stereocenters. The van der Waals surface area contributed by atoms with Crippen molar-refractivity contribution in [2.24, 2.45) is 0 Å². The van der Waals surface area contributed by atoms with Crippen molar-refractivity contribution in [1.82, 2.24) is 0 Å². The van der Waals surface area contributed by atoms with Gasteiger partial charge in [0.25, 0.3) is 0 Å². The molecule has 3 aromatic carbocycles. The van der Waals surface area contributed by atoms with Gasteiger partial charge in [0.05, 0.1) is 12.0 Å². The van der Waals surface area contributed by atoms with Crippen LogP contribution in [0.25, 0.3) is 0 Å². The number of carbonyl (C=O) groups is 4. The molecular formula is C25H22N2O6S. The maximum Gasteiger partial charge on any atom is 0.335 e. The number of carbonyl (C=O) groups excluding carboxylic acids is 2. The number of hydrogen-bond acceptors (Lipinski definition) is 5. The Morgan fingerprint density at radius 3 is 2.12 bits per heavy atom.